The van der Waals surface area contributed by atoms with Crippen LogP contribution in [-0.4, -0.2) is 30.8 Å². The summed E-state index contributed by atoms with van der Waals surface area (Å²) in [6.07, 6.45) is 0. The summed E-state index contributed by atoms with van der Waals surface area (Å²) in [6.45, 7) is 1.65. The van der Waals surface area contributed by atoms with Crippen LogP contribution in [0.5, 0.6) is 0 Å². The molecule has 0 bridgehead atoms. The van der Waals surface area contributed by atoms with Gasteiger partial charge in [0.05, 0.1) is 11.4 Å². The molecule has 0 aliphatic carbocycles. The van der Waals surface area contributed by atoms with Gasteiger partial charge in [0.15, 0.2) is 4.67 Å². The number of nitrogens with zero attached hydrogens (tertiary/aromatic N) is 1. The SMILES string of the molecule is Cc1sc(C(=O)O)cc1S(=O)(=O)N(C)Cc1ccc(Br)o1. The van der Waals surface area contributed by atoms with Crippen LogP contribution in [0.1, 0.15) is 20.3 Å². The van der Waals surface area contributed by atoms with Gasteiger partial charge in [0, 0.05) is 11.9 Å². The van der Waals surface area contributed by atoms with Gasteiger partial charge in [-0.3, -0.25) is 0 Å². The highest BCUT2D eigenvalue weighted by Gasteiger charge is 2.27. The topological polar surface area (TPSA) is 87.8 Å². The molecule has 21 heavy (non-hydrogen) atoms. The number of sulfonamides is 1. The molecule has 0 radical (unpaired) electrons. The second kappa shape index (κ2) is 5.91. The summed E-state index contributed by atoms with van der Waals surface area (Å²) in [6, 6.07) is 4.53. The number of carboxylic acid groups (broad SMARTS) is 1. The molecule has 6 nitrogen and oxygen atoms in total. The van der Waals surface area contributed by atoms with E-state index >= 15 is 0 Å². The Morgan fingerprint density at radius 2 is 2.14 bits per heavy atom. The molecule has 0 spiro atoms. The third kappa shape index (κ3) is 3.37. The van der Waals surface area contributed by atoms with Crippen molar-refractivity contribution in [3.63, 3.8) is 0 Å². The number of hydrogen-bond acceptors (Lipinski definition) is 5. The maximum atomic E-state index is 12.5. The fourth-order valence-corrected chi connectivity index (χ4v) is 4.61. The highest BCUT2D eigenvalue weighted by atomic mass is 79.9. The largest absolute Gasteiger partial charge is 0.477 e. The lowest BCUT2D eigenvalue weighted by Gasteiger charge is -2.15. The molecular weight excluding hydrogens is 382 g/mol. The molecule has 0 saturated carbocycles. The van der Waals surface area contributed by atoms with Crippen LogP contribution in [-0.2, 0) is 16.6 Å². The van der Waals surface area contributed by atoms with Gasteiger partial charge in [0.25, 0.3) is 0 Å². The minimum absolute atomic E-state index is 0.000202. The van der Waals surface area contributed by atoms with Crippen molar-refractivity contribution in [1.82, 2.24) is 4.31 Å². The summed E-state index contributed by atoms with van der Waals surface area (Å²) < 4.78 is 31.9. The van der Waals surface area contributed by atoms with E-state index in [0.717, 1.165) is 15.6 Å². The lowest BCUT2D eigenvalue weighted by atomic mass is 10.4. The number of carboxylic acids is 1. The summed E-state index contributed by atoms with van der Waals surface area (Å²) in [5.41, 5.74) is 0. The second-order valence-electron chi connectivity index (χ2n) is 4.30. The lowest BCUT2D eigenvalue weighted by Crippen LogP contribution is -2.26. The first-order valence-corrected chi connectivity index (χ1v) is 8.81. The van der Waals surface area contributed by atoms with Gasteiger partial charge in [-0.15, -0.1) is 11.3 Å². The monoisotopic (exact) mass is 393 g/mol. The van der Waals surface area contributed by atoms with E-state index in [0.29, 0.717) is 15.3 Å². The van der Waals surface area contributed by atoms with Gasteiger partial charge in [-0.1, -0.05) is 0 Å². The Bertz CT molecular complexity index is 777. The molecule has 0 aromatic carbocycles. The molecule has 2 aromatic rings. The van der Waals surface area contributed by atoms with Crippen molar-refractivity contribution in [2.45, 2.75) is 18.4 Å². The Morgan fingerprint density at radius 1 is 1.48 bits per heavy atom. The molecule has 0 atom stereocenters. The van der Waals surface area contributed by atoms with Crippen LogP contribution in [0.2, 0.25) is 0 Å². The predicted molar refractivity (Wildman–Crippen MR) is 81.1 cm³/mol. The Hall–Kier alpha value is -1.16. The second-order valence-corrected chi connectivity index (χ2v) is 8.35. The molecule has 9 heteroatoms. The van der Waals surface area contributed by atoms with Crippen LogP contribution < -0.4 is 0 Å². The van der Waals surface area contributed by atoms with Gasteiger partial charge in [-0.25, -0.2) is 13.2 Å². The van der Waals surface area contributed by atoms with Gasteiger partial charge in [0.2, 0.25) is 10.0 Å². The van der Waals surface area contributed by atoms with E-state index in [-0.39, 0.29) is 16.3 Å². The van der Waals surface area contributed by atoms with E-state index in [1.807, 2.05) is 0 Å². The molecule has 2 aromatic heterocycles. The zero-order valence-corrected chi connectivity index (χ0v) is 14.4. The van der Waals surface area contributed by atoms with Gasteiger partial charge in [-0.05, 0) is 41.1 Å². The average Bonchev–Trinajstić information content (AvgIpc) is 2.96. The van der Waals surface area contributed by atoms with E-state index in [4.69, 9.17) is 9.52 Å². The van der Waals surface area contributed by atoms with E-state index < -0.39 is 16.0 Å². The predicted octanol–water partition coefficient (Wildman–Crippen LogP) is 2.93. The molecule has 2 heterocycles. The normalized spacial score (nSPS) is 12.0. The van der Waals surface area contributed by atoms with Crippen LogP contribution in [0.25, 0.3) is 0 Å². The van der Waals surface area contributed by atoms with Crippen molar-refractivity contribution < 1.29 is 22.7 Å². The number of furan rings is 1. The molecule has 114 valence electrons. The van der Waals surface area contributed by atoms with Crippen LogP contribution in [0, 0.1) is 6.92 Å². The number of aromatic carboxylic acids is 1. The van der Waals surface area contributed by atoms with Gasteiger partial charge < -0.3 is 9.52 Å². The summed E-state index contributed by atoms with van der Waals surface area (Å²) in [5, 5.41) is 8.95. The highest BCUT2D eigenvalue weighted by molar-refractivity contribution is 9.10. The van der Waals surface area contributed by atoms with Crippen molar-refractivity contribution >= 4 is 43.3 Å². The van der Waals surface area contributed by atoms with Crippen molar-refractivity contribution in [2.75, 3.05) is 7.05 Å². The first-order valence-electron chi connectivity index (χ1n) is 5.76. The fourth-order valence-electron chi connectivity index (χ4n) is 1.74. The number of halogens is 1. The van der Waals surface area contributed by atoms with Crippen LogP contribution >= 0.6 is 27.3 Å². The van der Waals surface area contributed by atoms with E-state index in [1.54, 1.807) is 19.1 Å². The Balaban J connectivity index is 2.30. The molecule has 0 unspecified atom stereocenters. The molecule has 0 saturated heterocycles. The molecule has 0 fully saturated rings. The zero-order valence-electron chi connectivity index (χ0n) is 11.2. The lowest BCUT2D eigenvalue weighted by molar-refractivity contribution is 0.0702. The maximum Gasteiger partial charge on any atom is 0.345 e. The first kappa shape index (κ1) is 16.2. The molecule has 0 aliphatic rings. The summed E-state index contributed by atoms with van der Waals surface area (Å²) >= 11 is 4.09. The number of thiophene rings is 1. The van der Waals surface area contributed by atoms with Crippen LogP contribution in [0.15, 0.2) is 32.2 Å². The molecule has 0 amide bonds. The minimum Gasteiger partial charge on any atom is -0.477 e. The van der Waals surface area contributed by atoms with E-state index in [2.05, 4.69) is 15.9 Å². The summed E-state index contributed by atoms with van der Waals surface area (Å²) in [4.78, 5) is 11.4. The fraction of sp³-hybridized carbons (Fsp3) is 0.250. The standard InChI is InChI=1S/C12H12BrNO5S2/c1-7-10(5-9(20-7)12(15)16)21(17,18)14(2)6-8-3-4-11(13)19-8/h3-5H,6H2,1-2H3,(H,15,16). The maximum absolute atomic E-state index is 12.5. The van der Waals surface area contributed by atoms with Gasteiger partial charge >= 0.3 is 5.97 Å². The Morgan fingerprint density at radius 3 is 2.62 bits per heavy atom. The Kier molecular flexibility index (Phi) is 4.57. The minimum atomic E-state index is -3.77. The third-order valence-electron chi connectivity index (χ3n) is 2.78. The molecule has 0 aliphatic heterocycles. The van der Waals surface area contributed by atoms with Gasteiger partial charge in [0.1, 0.15) is 10.6 Å². The van der Waals surface area contributed by atoms with Crippen molar-refractivity contribution in [1.29, 1.82) is 0 Å². The van der Waals surface area contributed by atoms with Crippen molar-refractivity contribution in [3.05, 3.63) is 38.4 Å². The number of aryl methyl sites for hydroxylation is 1. The van der Waals surface area contributed by atoms with E-state index in [9.17, 15) is 13.2 Å². The summed E-state index contributed by atoms with van der Waals surface area (Å²) in [5.74, 6) is -0.651. The first-order chi connectivity index (χ1) is 9.71. The Labute approximate surface area is 134 Å². The van der Waals surface area contributed by atoms with Crippen molar-refractivity contribution in [2.24, 2.45) is 0 Å². The molecule has 1 N–H and O–H groups in total. The number of hydrogen-bond donors (Lipinski definition) is 1. The van der Waals surface area contributed by atoms with Crippen LogP contribution in [0.4, 0.5) is 0 Å². The van der Waals surface area contributed by atoms with E-state index in [1.165, 1.54) is 13.1 Å². The third-order valence-corrected chi connectivity index (χ3v) is 6.30. The average molecular weight is 394 g/mol. The highest BCUT2D eigenvalue weighted by Crippen LogP contribution is 2.28. The quantitative estimate of drug-likeness (QED) is 0.843. The van der Waals surface area contributed by atoms with Gasteiger partial charge in [-0.2, -0.15) is 4.31 Å². The number of rotatable bonds is 5. The van der Waals surface area contributed by atoms with Crippen molar-refractivity contribution in [3.8, 4) is 0 Å². The molecular formula is C12H12BrNO5S2. The molecule has 2 rings (SSSR count). The zero-order chi connectivity index (χ0) is 15.8. The van der Waals surface area contributed by atoms with Crippen LogP contribution in [0.3, 0.4) is 0 Å². The summed E-state index contributed by atoms with van der Waals surface area (Å²) in [7, 11) is -2.35. The smallest absolute Gasteiger partial charge is 0.345 e. The number of carbonyl (C=O) groups is 1.